The molecule has 0 spiro atoms. The zero-order valence-electron chi connectivity index (χ0n) is 14.0. The summed E-state index contributed by atoms with van der Waals surface area (Å²) in [5, 5.41) is 4.77. The highest BCUT2D eigenvalue weighted by Crippen LogP contribution is 2.12. The van der Waals surface area contributed by atoms with E-state index in [1.165, 1.54) is 62.3 Å². The summed E-state index contributed by atoms with van der Waals surface area (Å²) >= 11 is 0. The molecular weight excluding hydrogens is 268 g/mol. The lowest BCUT2D eigenvalue weighted by molar-refractivity contribution is 0.555. The fourth-order valence-corrected chi connectivity index (χ4v) is 2.83. The van der Waals surface area contributed by atoms with Crippen LogP contribution in [0, 0.1) is 0 Å². The van der Waals surface area contributed by atoms with E-state index in [4.69, 9.17) is 0 Å². The van der Waals surface area contributed by atoms with Gasteiger partial charge in [-0.1, -0.05) is 70.1 Å². The SMILES string of the molecule is CCCCCCCCCCNCc1cnc2ccccc2c1. The molecule has 0 unspecified atom stereocenters. The fourth-order valence-electron chi connectivity index (χ4n) is 2.83. The summed E-state index contributed by atoms with van der Waals surface area (Å²) in [6, 6.07) is 10.5. The van der Waals surface area contributed by atoms with Gasteiger partial charge in [-0.2, -0.15) is 0 Å². The molecule has 2 aromatic rings. The van der Waals surface area contributed by atoms with Gasteiger partial charge in [0.2, 0.25) is 0 Å². The lowest BCUT2D eigenvalue weighted by Crippen LogP contribution is -2.14. The van der Waals surface area contributed by atoms with Crippen LogP contribution in [0.5, 0.6) is 0 Å². The average molecular weight is 298 g/mol. The van der Waals surface area contributed by atoms with E-state index in [1.54, 1.807) is 0 Å². The van der Waals surface area contributed by atoms with Gasteiger partial charge in [-0.15, -0.1) is 0 Å². The Morgan fingerprint density at radius 1 is 0.909 bits per heavy atom. The van der Waals surface area contributed by atoms with Gasteiger partial charge in [0.25, 0.3) is 0 Å². The van der Waals surface area contributed by atoms with Crippen molar-refractivity contribution in [1.29, 1.82) is 0 Å². The zero-order chi connectivity index (χ0) is 15.5. The standard InChI is InChI=1S/C20H30N2/c1-2-3-4-5-6-7-8-11-14-21-16-18-15-19-12-9-10-13-20(19)22-17-18/h9-10,12-13,15,17,21H,2-8,11,14,16H2,1H3. The van der Waals surface area contributed by atoms with Crippen molar-refractivity contribution in [3.8, 4) is 0 Å². The van der Waals surface area contributed by atoms with Gasteiger partial charge in [-0.3, -0.25) is 4.98 Å². The summed E-state index contributed by atoms with van der Waals surface area (Å²) in [5.41, 5.74) is 2.35. The molecule has 2 heteroatoms. The van der Waals surface area contributed by atoms with E-state index in [2.05, 4.69) is 41.5 Å². The van der Waals surface area contributed by atoms with Gasteiger partial charge < -0.3 is 5.32 Å². The van der Waals surface area contributed by atoms with Gasteiger partial charge in [-0.05, 0) is 30.7 Å². The van der Waals surface area contributed by atoms with Gasteiger partial charge in [0.1, 0.15) is 0 Å². The predicted molar refractivity (Wildman–Crippen MR) is 96.1 cm³/mol. The maximum Gasteiger partial charge on any atom is 0.0702 e. The predicted octanol–water partition coefficient (Wildman–Crippen LogP) is 5.47. The Morgan fingerprint density at radius 2 is 1.64 bits per heavy atom. The Morgan fingerprint density at radius 3 is 2.45 bits per heavy atom. The van der Waals surface area contributed by atoms with Crippen LogP contribution < -0.4 is 5.32 Å². The number of nitrogens with zero attached hydrogens (tertiary/aromatic N) is 1. The number of fused-ring (bicyclic) bond motifs is 1. The quantitative estimate of drug-likeness (QED) is 0.557. The minimum absolute atomic E-state index is 0.925. The number of nitrogens with one attached hydrogen (secondary N) is 1. The number of hydrogen-bond acceptors (Lipinski definition) is 2. The first kappa shape index (κ1) is 17.0. The van der Waals surface area contributed by atoms with Gasteiger partial charge in [0.05, 0.1) is 5.52 Å². The molecule has 0 aliphatic rings. The van der Waals surface area contributed by atoms with Crippen molar-refractivity contribution in [2.24, 2.45) is 0 Å². The molecule has 0 amide bonds. The molecule has 0 fully saturated rings. The normalized spacial score (nSPS) is 11.1. The van der Waals surface area contributed by atoms with Crippen LogP contribution in [0.1, 0.15) is 63.9 Å². The molecule has 22 heavy (non-hydrogen) atoms. The highest BCUT2D eigenvalue weighted by molar-refractivity contribution is 5.78. The van der Waals surface area contributed by atoms with E-state index in [1.807, 2.05) is 12.3 Å². The second-order valence-corrected chi connectivity index (χ2v) is 6.19. The van der Waals surface area contributed by atoms with Crippen LogP contribution in [-0.2, 0) is 6.54 Å². The molecule has 2 rings (SSSR count). The van der Waals surface area contributed by atoms with Crippen molar-refractivity contribution in [2.45, 2.75) is 64.8 Å². The molecule has 2 nitrogen and oxygen atoms in total. The summed E-state index contributed by atoms with van der Waals surface area (Å²) in [5.74, 6) is 0. The Kier molecular flexibility index (Phi) is 7.97. The number of aromatic nitrogens is 1. The number of para-hydroxylation sites is 1. The second-order valence-electron chi connectivity index (χ2n) is 6.19. The molecule has 1 aromatic heterocycles. The largest absolute Gasteiger partial charge is 0.313 e. The van der Waals surface area contributed by atoms with E-state index in [0.717, 1.165) is 18.6 Å². The van der Waals surface area contributed by atoms with Crippen LogP contribution in [0.2, 0.25) is 0 Å². The first-order chi connectivity index (χ1) is 10.9. The number of unbranched alkanes of at least 4 members (excludes halogenated alkanes) is 7. The van der Waals surface area contributed by atoms with Gasteiger partial charge in [0.15, 0.2) is 0 Å². The number of pyridine rings is 1. The first-order valence-electron chi connectivity index (χ1n) is 8.94. The second kappa shape index (κ2) is 10.3. The van der Waals surface area contributed by atoms with Crippen LogP contribution in [0.3, 0.4) is 0 Å². The maximum absolute atomic E-state index is 4.51. The Balaban J connectivity index is 1.54. The Hall–Kier alpha value is -1.41. The highest BCUT2D eigenvalue weighted by atomic mass is 14.8. The van der Waals surface area contributed by atoms with Gasteiger partial charge in [0, 0.05) is 18.1 Å². The Labute approximate surface area is 135 Å². The van der Waals surface area contributed by atoms with Crippen molar-refractivity contribution in [2.75, 3.05) is 6.54 Å². The molecule has 0 saturated heterocycles. The molecule has 0 aliphatic heterocycles. The molecule has 0 atom stereocenters. The van der Waals surface area contributed by atoms with Crippen molar-refractivity contribution >= 4 is 10.9 Å². The van der Waals surface area contributed by atoms with E-state index < -0.39 is 0 Å². The molecule has 0 aliphatic carbocycles. The van der Waals surface area contributed by atoms with E-state index in [9.17, 15) is 0 Å². The molecule has 120 valence electrons. The monoisotopic (exact) mass is 298 g/mol. The summed E-state index contributed by atoms with van der Waals surface area (Å²) in [6.45, 7) is 4.31. The first-order valence-corrected chi connectivity index (χ1v) is 8.94. The van der Waals surface area contributed by atoms with Crippen molar-refractivity contribution in [1.82, 2.24) is 10.3 Å². The van der Waals surface area contributed by atoms with Gasteiger partial charge >= 0.3 is 0 Å². The molecule has 0 radical (unpaired) electrons. The van der Waals surface area contributed by atoms with E-state index >= 15 is 0 Å². The third kappa shape index (κ3) is 6.15. The van der Waals surface area contributed by atoms with E-state index in [0.29, 0.717) is 0 Å². The summed E-state index contributed by atoms with van der Waals surface area (Å²) < 4.78 is 0. The third-order valence-corrected chi connectivity index (χ3v) is 4.18. The fraction of sp³-hybridized carbons (Fsp3) is 0.550. The summed E-state index contributed by atoms with van der Waals surface area (Å²) in [4.78, 5) is 4.51. The van der Waals surface area contributed by atoms with Crippen LogP contribution in [0.15, 0.2) is 36.5 Å². The van der Waals surface area contributed by atoms with Crippen molar-refractivity contribution in [3.05, 3.63) is 42.1 Å². The molecule has 0 saturated carbocycles. The van der Waals surface area contributed by atoms with E-state index in [-0.39, 0.29) is 0 Å². The zero-order valence-corrected chi connectivity index (χ0v) is 14.0. The summed E-state index contributed by atoms with van der Waals surface area (Å²) in [6.07, 6.45) is 13.0. The summed E-state index contributed by atoms with van der Waals surface area (Å²) in [7, 11) is 0. The minimum atomic E-state index is 0.925. The smallest absolute Gasteiger partial charge is 0.0702 e. The third-order valence-electron chi connectivity index (χ3n) is 4.18. The lowest BCUT2D eigenvalue weighted by Gasteiger charge is -2.06. The van der Waals surface area contributed by atoms with Crippen molar-refractivity contribution in [3.63, 3.8) is 0 Å². The maximum atomic E-state index is 4.51. The molecule has 1 aromatic carbocycles. The van der Waals surface area contributed by atoms with Gasteiger partial charge in [-0.25, -0.2) is 0 Å². The highest BCUT2D eigenvalue weighted by Gasteiger charge is 1.97. The number of hydrogen-bond donors (Lipinski definition) is 1. The molecule has 0 bridgehead atoms. The number of rotatable bonds is 11. The lowest BCUT2D eigenvalue weighted by atomic mass is 10.1. The topological polar surface area (TPSA) is 24.9 Å². The Bertz CT molecular complexity index is 536. The van der Waals surface area contributed by atoms with Crippen LogP contribution in [0.4, 0.5) is 0 Å². The number of benzene rings is 1. The minimum Gasteiger partial charge on any atom is -0.313 e. The van der Waals surface area contributed by atoms with Crippen LogP contribution in [-0.4, -0.2) is 11.5 Å². The van der Waals surface area contributed by atoms with Crippen LogP contribution in [0.25, 0.3) is 10.9 Å². The average Bonchev–Trinajstić information content (AvgIpc) is 2.56. The molecule has 1 heterocycles. The van der Waals surface area contributed by atoms with Crippen molar-refractivity contribution < 1.29 is 0 Å². The van der Waals surface area contributed by atoms with Crippen LogP contribution >= 0.6 is 0 Å². The molecule has 1 N–H and O–H groups in total. The molecular formula is C20H30N2.